The molecule has 0 N–H and O–H groups in total. The van der Waals surface area contributed by atoms with E-state index in [1.165, 1.54) is 6.42 Å². The maximum atomic E-state index is 13.6. The van der Waals surface area contributed by atoms with E-state index in [9.17, 15) is 4.79 Å². The van der Waals surface area contributed by atoms with Crippen molar-refractivity contribution in [1.29, 1.82) is 0 Å². The number of piperidine rings is 1. The number of nitrogens with zero attached hydrogens (tertiary/aromatic N) is 4. The quantitative estimate of drug-likeness (QED) is 0.521. The number of rotatable bonds is 8. The lowest BCUT2D eigenvalue weighted by molar-refractivity contribution is -0.138. The Morgan fingerprint density at radius 3 is 2.63 bits per heavy atom. The molecule has 0 unspecified atom stereocenters. The van der Waals surface area contributed by atoms with E-state index in [-0.39, 0.29) is 11.9 Å². The molecule has 158 valence electrons. The lowest BCUT2D eigenvalue weighted by Crippen LogP contribution is -2.45. The number of hydrogen-bond acceptors (Lipinski definition) is 6. The van der Waals surface area contributed by atoms with Crippen molar-refractivity contribution in [2.75, 3.05) is 19.6 Å². The summed E-state index contributed by atoms with van der Waals surface area (Å²) in [7, 11) is 0. The van der Waals surface area contributed by atoms with Crippen molar-refractivity contribution in [3.8, 4) is 10.8 Å². The predicted octanol–water partition coefficient (Wildman–Crippen LogP) is 4.76. The van der Waals surface area contributed by atoms with Crippen molar-refractivity contribution in [2.24, 2.45) is 0 Å². The summed E-state index contributed by atoms with van der Waals surface area (Å²) in [6.45, 7) is 5.03. The van der Waals surface area contributed by atoms with E-state index in [0.29, 0.717) is 18.3 Å². The third-order valence-corrected chi connectivity index (χ3v) is 6.29. The summed E-state index contributed by atoms with van der Waals surface area (Å²) in [5.41, 5.74) is 1.01. The molecular formula is C23H28N4O2S. The minimum atomic E-state index is -0.346. The predicted molar refractivity (Wildman–Crippen MR) is 118 cm³/mol. The van der Waals surface area contributed by atoms with Crippen LogP contribution in [-0.2, 0) is 11.3 Å². The van der Waals surface area contributed by atoms with Crippen LogP contribution >= 0.6 is 11.3 Å². The lowest BCUT2D eigenvalue weighted by atomic mass is 10.0. The molecule has 1 aromatic carbocycles. The van der Waals surface area contributed by atoms with E-state index >= 15 is 0 Å². The van der Waals surface area contributed by atoms with Gasteiger partial charge in [-0.1, -0.05) is 43.3 Å². The van der Waals surface area contributed by atoms with Crippen molar-refractivity contribution in [1.82, 2.24) is 20.0 Å². The molecule has 3 aromatic rings. The lowest BCUT2D eigenvalue weighted by Gasteiger charge is -2.36. The van der Waals surface area contributed by atoms with Crippen LogP contribution in [0.1, 0.15) is 50.1 Å². The van der Waals surface area contributed by atoms with Crippen molar-refractivity contribution >= 4 is 17.2 Å². The highest BCUT2D eigenvalue weighted by atomic mass is 32.1. The molecule has 0 saturated carbocycles. The van der Waals surface area contributed by atoms with Crippen LogP contribution in [0.4, 0.5) is 0 Å². The molecule has 7 heteroatoms. The maximum Gasteiger partial charge on any atom is 0.257 e. The average molecular weight is 425 g/mol. The third kappa shape index (κ3) is 4.79. The van der Waals surface area contributed by atoms with Crippen molar-refractivity contribution in [3.05, 3.63) is 59.3 Å². The number of benzene rings is 1. The Balaban J connectivity index is 1.61. The van der Waals surface area contributed by atoms with Crippen molar-refractivity contribution < 1.29 is 9.21 Å². The van der Waals surface area contributed by atoms with Crippen LogP contribution in [-0.4, -0.2) is 45.5 Å². The van der Waals surface area contributed by atoms with Crippen LogP contribution in [0, 0.1) is 0 Å². The maximum absolute atomic E-state index is 13.6. The van der Waals surface area contributed by atoms with Gasteiger partial charge in [-0.05, 0) is 49.2 Å². The molecule has 1 aliphatic rings. The van der Waals surface area contributed by atoms with Crippen molar-refractivity contribution in [3.63, 3.8) is 0 Å². The van der Waals surface area contributed by atoms with Crippen LogP contribution in [0.2, 0.25) is 0 Å². The number of carbonyl (C=O) groups excluding carboxylic acids is 1. The van der Waals surface area contributed by atoms with E-state index in [0.717, 1.165) is 49.3 Å². The largest absolute Gasteiger partial charge is 0.419 e. The summed E-state index contributed by atoms with van der Waals surface area (Å²) in [6, 6.07) is 13.7. The second kappa shape index (κ2) is 10.00. The summed E-state index contributed by atoms with van der Waals surface area (Å²) < 4.78 is 5.94. The second-order valence-electron chi connectivity index (χ2n) is 7.65. The van der Waals surface area contributed by atoms with Crippen LogP contribution in [0.25, 0.3) is 10.8 Å². The number of amides is 1. The van der Waals surface area contributed by atoms with E-state index in [1.807, 2.05) is 52.7 Å². The second-order valence-corrected chi connectivity index (χ2v) is 8.60. The van der Waals surface area contributed by atoms with Crippen LogP contribution < -0.4 is 0 Å². The highest BCUT2D eigenvalue weighted by Crippen LogP contribution is 2.28. The van der Waals surface area contributed by atoms with Gasteiger partial charge in [-0.25, -0.2) is 0 Å². The topological polar surface area (TPSA) is 62.5 Å². The normalized spacial score (nSPS) is 15.5. The zero-order chi connectivity index (χ0) is 20.8. The summed E-state index contributed by atoms with van der Waals surface area (Å²) in [5, 5.41) is 10.5. The fourth-order valence-electron chi connectivity index (χ4n) is 4.01. The first kappa shape index (κ1) is 20.8. The molecule has 3 heterocycles. The first-order valence-corrected chi connectivity index (χ1v) is 11.6. The van der Waals surface area contributed by atoms with Gasteiger partial charge in [0.05, 0.1) is 11.4 Å². The zero-order valence-corrected chi connectivity index (χ0v) is 18.2. The molecule has 1 fully saturated rings. The summed E-state index contributed by atoms with van der Waals surface area (Å²) >= 11 is 1.57. The zero-order valence-electron chi connectivity index (χ0n) is 17.4. The first-order valence-electron chi connectivity index (χ1n) is 10.7. The molecule has 1 saturated heterocycles. The fraction of sp³-hybridized carbons (Fsp3) is 0.435. The van der Waals surface area contributed by atoms with Crippen LogP contribution in [0.5, 0.6) is 0 Å². The Bertz CT molecular complexity index is 920. The molecular weight excluding hydrogens is 396 g/mol. The van der Waals surface area contributed by atoms with E-state index < -0.39 is 0 Å². The Morgan fingerprint density at radius 2 is 1.93 bits per heavy atom. The Kier molecular flexibility index (Phi) is 6.92. The van der Waals surface area contributed by atoms with Gasteiger partial charge in [0, 0.05) is 13.1 Å². The standard InChI is InChI=1S/C23H28N4O2S/c1-2-13-27(17-20-24-25-22(29-20)19-12-9-16-30-19)21(18-10-5-3-6-11-18)23(28)26-14-7-4-8-15-26/h3,5-6,9-12,16,21H,2,4,7-8,13-15,17H2,1H3/t21-/m0/s1. The Morgan fingerprint density at radius 1 is 1.13 bits per heavy atom. The summed E-state index contributed by atoms with van der Waals surface area (Å²) in [4.78, 5) is 18.8. The van der Waals surface area contributed by atoms with Gasteiger partial charge in [0.15, 0.2) is 0 Å². The Hall–Kier alpha value is -2.51. The molecule has 1 atom stereocenters. The van der Waals surface area contributed by atoms with Gasteiger partial charge < -0.3 is 9.32 Å². The molecule has 1 amide bonds. The molecule has 0 bridgehead atoms. The molecule has 0 spiro atoms. The molecule has 0 aliphatic carbocycles. The average Bonchev–Trinajstić information content (AvgIpc) is 3.47. The van der Waals surface area contributed by atoms with Gasteiger partial charge >= 0.3 is 0 Å². The monoisotopic (exact) mass is 424 g/mol. The summed E-state index contributed by atoms with van der Waals surface area (Å²) in [5.74, 6) is 1.25. The van der Waals surface area contributed by atoms with Crippen LogP contribution in [0.3, 0.4) is 0 Å². The highest BCUT2D eigenvalue weighted by molar-refractivity contribution is 7.13. The van der Waals surface area contributed by atoms with Gasteiger partial charge in [0.1, 0.15) is 6.04 Å². The van der Waals surface area contributed by atoms with Gasteiger partial charge in [0.2, 0.25) is 11.8 Å². The molecule has 2 aromatic heterocycles. The summed E-state index contributed by atoms with van der Waals surface area (Å²) in [6.07, 6.45) is 4.29. The number of carbonyl (C=O) groups is 1. The number of likely N-dealkylation sites (tertiary alicyclic amines) is 1. The number of aromatic nitrogens is 2. The van der Waals surface area contributed by atoms with E-state index in [4.69, 9.17) is 4.42 Å². The fourth-order valence-corrected chi connectivity index (χ4v) is 4.65. The number of thiophene rings is 1. The van der Waals surface area contributed by atoms with E-state index in [2.05, 4.69) is 22.0 Å². The minimum absolute atomic E-state index is 0.173. The van der Waals surface area contributed by atoms with Gasteiger partial charge in [-0.3, -0.25) is 9.69 Å². The molecule has 6 nitrogen and oxygen atoms in total. The highest BCUT2D eigenvalue weighted by Gasteiger charge is 2.32. The minimum Gasteiger partial charge on any atom is -0.419 e. The smallest absolute Gasteiger partial charge is 0.257 e. The number of hydrogen-bond donors (Lipinski definition) is 0. The molecule has 30 heavy (non-hydrogen) atoms. The van der Waals surface area contributed by atoms with Crippen molar-refractivity contribution in [2.45, 2.75) is 45.2 Å². The van der Waals surface area contributed by atoms with Gasteiger partial charge in [0.25, 0.3) is 5.89 Å². The van der Waals surface area contributed by atoms with Gasteiger partial charge in [-0.15, -0.1) is 21.5 Å². The van der Waals surface area contributed by atoms with E-state index in [1.54, 1.807) is 11.3 Å². The third-order valence-electron chi connectivity index (χ3n) is 5.43. The Labute approximate surface area is 181 Å². The molecule has 0 radical (unpaired) electrons. The van der Waals surface area contributed by atoms with Gasteiger partial charge in [-0.2, -0.15) is 0 Å². The first-order chi connectivity index (χ1) is 14.8. The van der Waals surface area contributed by atoms with Crippen LogP contribution in [0.15, 0.2) is 52.3 Å². The SMILES string of the molecule is CCCN(Cc1nnc(-c2cccs2)o1)[C@H](C(=O)N1CCCCC1)c1ccccc1. The molecule has 4 rings (SSSR count). The molecule has 1 aliphatic heterocycles.